The Morgan fingerprint density at radius 2 is 1.75 bits per heavy atom. The molecule has 32 heavy (non-hydrogen) atoms. The van der Waals surface area contributed by atoms with Crippen molar-refractivity contribution in [3.05, 3.63) is 65.4 Å². The Labute approximate surface area is 182 Å². The van der Waals surface area contributed by atoms with E-state index >= 15 is 0 Å². The summed E-state index contributed by atoms with van der Waals surface area (Å²) in [5, 5.41) is 11.6. The van der Waals surface area contributed by atoms with E-state index in [0.29, 0.717) is 48.9 Å². The van der Waals surface area contributed by atoms with Crippen LogP contribution in [0.5, 0.6) is 0 Å². The van der Waals surface area contributed by atoms with Crippen LogP contribution in [0.3, 0.4) is 0 Å². The topological polar surface area (TPSA) is 137 Å². The van der Waals surface area contributed by atoms with Gasteiger partial charge in [0.2, 0.25) is 10.0 Å². The number of anilines is 3. The zero-order valence-electron chi connectivity index (χ0n) is 16.8. The first-order valence-electron chi connectivity index (χ1n) is 9.88. The van der Waals surface area contributed by atoms with E-state index in [1.165, 1.54) is 22.5 Å². The highest BCUT2D eigenvalue weighted by molar-refractivity contribution is 7.89. The fourth-order valence-electron chi connectivity index (χ4n) is 3.54. The molecule has 0 unspecified atom stereocenters. The molecule has 11 nitrogen and oxygen atoms in total. The third-order valence-electron chi connectivity index (χ3n) is 5.19. The number of nitrogens with one attached hydrogen (secondary N) is 2. The molecule has 1 saturated heterocycles. The maximum atomic E-state index is 13.0. The Hall–Kier alpha value is -3.77. The number of H-pyrrole nitrogens is 1. The lowest BCUT2D eigenvalue weighted by Gasteiger charge is -2.34. The van der Waals surface area contributed by atoms with Gasteiger partial charge in [0.15, 0.2) is 17.2 Å². The number of sulfonamides is 1. The van der Waals surface area contributed by atoms with Crippen molar-refractivity contribution in [3.63, 3.8) is 0 Å². The number of fused-ring (bicyclic) bond motifs is 1. The van der Waals surface area contributed by atoms with Crippen molar-refractivity contribution in [2.24, 2.45) is 0 Å². The summed E-state index contributed by atoms with van der Waals surface area (Å²) in [7, 11) is -3.70. The van der Waals surface area contributed by atoms with Gasteiger partial charge >= 0.3 is 5.76 Å². The molecule has 2 N–H and O–H groups in total. The molecular formula is C20H19N7O4S. The van der Waals surface area contributed by atoms with Gasteiger partial charge in [0.25, 0.3) is 0 Å². The first-order valence-corrected chi connectivity index (χ1v) is 11.3. The van der Waals surface area contributed by atoms with Crippen LogP contribution in [-0.2, 0) is 10.0 Å². The summed E-state index contributed by atoms with van der Waals surface area (Å²) in [5.41, 5.74) is 1.53. The summed E-state index contributed by atoms with van der Waals surface area (Å²) in [5.74, 6) is 0.667. The minimum atomic E-state index is -3.70. The average Bonchev–Trinajstić information content (AvgIpc) is 3.20. The number of aromatic nitrogens is 4. The molecule has 0 aliphatic carbocycles. The molecule has 4 heterocycles. The van der Waals surface area contributed by atoms with Gasteiger partial charge in [-0.25, -0.2) is 13.2 Å². The van der Waals surface area contributed by atoms with Gasteiger partial charge in [0, 0.05) is 44.3 Å². The maximum absolute atomic E-state index is 13.0. The Kier molecular flexibility index (Phi) is 5.07. The van der Waals surface area contributed by atoms with Gasteiger partial charge in [-0.15, -0.1) is 10.2 Å². The normalized spacial score (nSPS) is 15.2. The molecule has 1 aromatic carbocycles. The summed E-state index contributed by atoms with van der Waals surface area (Å²) < 4.78 is 32.5. The van der Waals surface area contributed by atoms with Crippen LogP contribution >= 0.6 is 0 Å². The van der Waals surface area contributed by atoms with Gasteiger partial charge in [-0.1, -0.05) is 0 Å². The number of nitrogens with zero attached hydrogens (tertiary/aromatic N) is 5. The van der Waals surface area contributed by atoms with E-state index in [0.717, 1.165) is 5.69 Å². The monoisotopic (exact) mass is 453 g/mol. The molecule has 3 aromatic heterocycles. The molecule has 0 bridgehead atoms. The molecule has 164 valence electrons. The molecule has 1 aliphatic heterocycles. The van der Waals surface area contributed by atoms with E-state index < -0.39 is 15.8 Å². The van der Waals surface area contributed by atoms with Crippen LogP contribution in [0.25, 0.3) is 11.1 Å². The average molecular weight is 453 g/mol. The quantitative estimate of drug-likeness (QED) is 0.461. The summed E-state index contributed by atoms with van der Waals surface area (Å²) in [6.45, 7) is 1.58. The summed E-state index contributed by atoms with van der Waals surface area (Å²) >= 11 is 0. The number of benzene rings is 1. The third kappa shape index (κ3) is 3.92. The van der Waals surface area contributed by atoms with Gasteiger partial charge in [-0.3, -0.25) is 9.97 Å². The largest absolute Gasteiger partial charge is 0.417 e. The van der Waals surface area contributed by atoms with Crippen LogP contribution in [0.1, 0.15) is 0 Å². The number of rotatable bonds is 5. The molecular weight excluding hydrogens is 434 g/mol. The van der Waals surface area contributed by atoms with Crippen molar-refractivity contribution in [1.82, 2.24) is 24.5 Å². The number of piperazine rings is 1. The predicted molar refractivity (Wildman–Crippen MR) is 117 cm³/mol. The van der Waals surface area contributed by atoms with Crippen LogP contribution < -0.4 is 16.0 Å². The fourth-order valence-corrected chi connectivity index (χ4v) is 4.99. The Balaban J connectivity index is 1.25. The van der Waals surface area contributed by atoms with Crippen LogP contribution in [-0.4, -0.2) is 59.1 Å². The van der Waals surface area contributed by atoms with Gasteiger partial charge in [0.1, 0.15) is 0 Å². The van der Waals surface area contributed by atoms with Gasteiger partial charge in [-0.2, -0.15) is 4.31 Å². The molecule has 1 aliphatic rings. The highest BCUT2D eigenvalue weighted by atomic mass is 32.2. The number of hydrogen-bond acceptors (Lipinski definition) is 9. The molecule has 0 spiro atoms. The van der Waals surface area contributed by atoms with E-state index in [9.17, 15) is 13.2 Å². The van der Waals surface area contributed by atoms with Gasteiger partial charge in [0.05, 0.1) is 10.4 Å². The van der Waals surface area contributed by atoms with Crippen LogP contribution in [0, 0.1) is 0 Å². The summed E-state index contributed by atoms with van der Waals surface area (Å²) in [4.78, 5) is 19.9. The minimum absolute atomic E-state index is 0.113. The fraction of sp³-hybridized carbons (Fsp3) is 0.200. The van der Waals surface area contributed by atoms with Crippen molar-refractivity contribution in [2.75, 3.05) is 36.4 Å². The molecule has 0 saturated carbocycles. The van der Waals surface area contributed by atoms with Crippen molar-refractivity contribution < 1.29 is 12.8 Å². The molecule has 0 atom stereocenters. The molecule has 5 rings (SSSR count). The van der Waals surface area contributed by atoms with Crippen molar-refractivity contribution in [3.8, 4) is 0 Å². The van der Waals surface area contributed by atoms with Crippen molar-refractivity contribution >= 4 is 38.4 Å². The first kappa shape index (κ1) is 20.2. The third-order valence-corrected chi connectivity index (χ3v) is 7.09. The van der Waals surface area contributed by atoms with Crippen LogP contribution in [0.4, 0.5) is 17.3 Å². The Morgan fingerprint density at radius 3 is 2.47 bits per heavy atom. The number of pyridine rings is 1. The highest BCUT2D eigenvalue weighted by Gasteiger charge is 2.29. The van der Waals surface area contributed by atoms with Crippen LogP contribution in [0.2, 0.25) is 0 Å². The maximum Gasteiger partial charge on any atom is 0.417 e. The number of oxazole rings is 1. The standard InChI is InChI=1S/C20H19N7O4S/c28-20-23-16-13-15(1-2-17(16)31-20)32(29,30)27-11-9-26(10-12-27)19-4-3-18(24-25-19)22-14-5-7-21-8-6-14/h1-8,13H,9-12H2,(H,23,28)(H,21,22,24). The number of hydrogen-bond donors (Lipinski definition) is 2. The SMILES string of the molecule is O=c1[nH]c2cc(S(=O)(=O)N3CCN(c4ccc(Nc5ccncc5)nn4)CC3)ccc2o1. The van der Waals surface area contributed by atoms with Gasteiger partial charge in [-0.05, 0) is 42.5 Å². The first-order chi connectivity index (χ1) is 15.5. The Bertz CT molecular complexity index is 1390. The predicted octanol–water partition coefficient (Wildman–Crippen LogP) is 1.56. The molecule has 0 radical (unpaired) electrons. The zero-order valence-corrected chi connectivity index (χ0v) is 17.6. The lowest BCUT2D eigenvalue weighted by atomic mass is 10.3. The number of aromatic amines is 1. The summed E-state index contributed by atoms with van der Waals surface area (Å²) in [6.07, 6.45) is 3.37. The second-order valence-electron chi connectivity index (χ2n) is 7.20. The molecule has 1 fully saturated rings. The molecule has 4 aromatic rings. The second-order valence-corrected chi connectivity index (χ2v) is 9.14. The van der Waals surface area contributed by atoms with Crippen molar-refractivity contribution in [2.45, 2.75) is 4.90 Å². The van der Waals surface area contributed by atoms with E-state index in [4.69, 9.17) is 4.42 Å². The Morgan fingerprint density at radius 1 is 0.969 bits per heavy atom. The zero-order chi connectivity index (χ0) is 22.1. The second kappa shape index (κ2) is 8.05. The highest BCUT2D eigenvalue weighted by Crippen LogP contribution is 2.23. The van der Waals surface area contributed by atoms with E-state index in [1.54, 1.807) is 12.4 Å². The van der Waals surface area contributed by atoms with Crippen molar-refractivity contribution in [1.29, 1.82) is 0 Å². The lowest BCUT2D eigenvalue weighted by Crippen LogP contribution is -2.49. The van der Waals surface area contributed by atoms with Crippen LogP contribution in [0.15, 0.2) is 69.0 Å². The molecule has 12 heteroatoms. The lowest BCUT2D eigenvalue weighted by molar-refractivity contribution is 0.383. The van der Waals surface area contributed by atoms with E-state index in [1.807, 2.05) is 29.2 Å². The summed E-state index contributed by atoms with van der Waals surface area (Å²) in [6, 6.07) is 11.7. The smallest absolute Gasteiger partial charge is 0.408 e. The van der Waals surface area contributed by atoms with E-state index in [-0.39, 0.29) is 4.90 Å². The van der Waals surface area contributed by atoms with E-state index in [2.05, 4.69) is 25.5 Å². The van der Waals surface area contributed by atoms with Gasteiger partial charge < -0.3 is 14.6 Å². The molecule has 0 amide bonds. The minimum Gasteiger partial charge on any atom is -0.408 e.